The summed E-state index contributed by atoms with van der Waals surface area (Å²) in [5.41, 5.74) is 3.10. The summed E-state index contributed by atoms with van der Waals surface area (Å²) in [4.78, 5) is 12.8. The molecule has 0 aromatic heterocycles. The van der Waals surface area contributed by atoms with E-state index in [2.05, 4.69) is 10.6 Å². The van der Waals surface area contributed by atoms with Gasteiger partial charge in [-0.1, -0.05) is 60.1 Å². The number of nitrogens with one attached hydrogen (secondary N) is 2. The molecule has 3 aromatic rings. The molecule has 168 valence electrons. The molecule has 2 atom stereocenters. The normalized spacial score (nSPS) is 12.6. The molecule has 0 bridgehead atoms. The van der Waals surface area contributed by atoms with Crippen molar-refractivity contribution in [2.75, 3.05) is 21.3 Å². The van der Waals surface area contributed by atoms with E-state index in [1.807, 2.05) is 72.8 Å². The Balaban J connectivity index is 1.93. The van der Waals surface area contributed by atoms with Crippen molar-refractivity contribution in [3.63, 3.8) is 0 Å². The van der Waals surface area contributed by atoms with Crippen LogP contribution in [0.1, 0.15) is 35.2 Å². The molecule has 0 heterocycles. The van der Waals surface area contributed by atoms with E-state index in [-0.39, 0.29) is 11.9 Å². The fraction of sp³-hybridized carbons (Fsp3) is 0.269. The Morgan fingerprint density at radius 3 is 2.22 bits per heavy atom. The van der Waals surface area contributed by atoms with Crippen LogP contribution in [0.2, 0.25) is 5.02 Å². The van der Waals surface area contributed by atoms with E-state index in [1.54, 1.807) is 21.3 Å². The van der Waals surface area contributed by atoms with Gasteiger partial charge in [-0.15, -0.1) is 0 Å². The lowest BCUT2D eigenvalue weighted by Gasteiger charge is -2.26. The Morgan fingerprint density at radius 2 is 1.59 bits per heavy atom. The first-order chi connectivity index (χ1) is 15.5. The third kappa shape index (κ3) is 6.02. The van der Waals surface area contributed by atoms with Crippen molar-refractivity contribution < 1.29 is 14.3 Å². The summed E-state index contributed by atoms with van der Waals surface area (Å²) in [5.74, 6) is 1.23. The predicted molar refractivity (Wildman–Crippen MR) is 128 cm³/mol. The summed E-state index contributed by atoms with van der Waals surface area (Å²) < 4.78 is 10.9. The lowest BCUT2D eigenvalue weighted by Crippen LogP contribution is -2.38. The van der Waals surface area contributed by atoms with Crippen molar-refractivity contribution in [1.29, 1.82) is 0 Å². The molecule has 0 saturated carbocycles. The van der Waals surface area contributed by atoms with Gasteiger partial charge in [-0.25, -0.2) is 0 Å². The quantitative estimate of drug-likeness (QED) is 0.449. The zero-order valence-corrected chi connectivity index (χ0v) is 19.4. The monoisotopic (exact) mass is 452 g/mol. The molecule has 3 rings (SSSR count). The number of ether oxygens (including phenoxy) is 2. The maximum Gasteiger partial charge on any atom is 0.241 e. The number of benzene rings is 3. The molecular weight excluding hydrogens is 424 g/mol. The van der Waals surface area contributed by atoms with E-state index >= 15 is 0 Å². The smallest absolute Gasteiger partial charge is 0.241 e. The number of hydrogen-bond acceptors (Lipinski definition) is 4. The Bertz CT molecular complexity index is 1010. The Labute approximate surface area is 194 Å². The van der Waals surface area contributed by atoms with E-state index in [9.17, 15) is 4.79 Å². The number of carbonyl (C=O) groups excluding carboxylic acids is 1. The van der Waals surface area contributed by atoms with Crippen molar-refractivity contribution in [2.45, 2.75) is 24.9 Å². The number of rotatable bonds is 10. The molecule has 0 aliphatic carbocycles. The van der Waals surface area contributed by atoms with E-state index in [4.69, 9.17) is 21.1 Å². The second kappa shape index (κ2) is 11.6. The number of halogens is 1. The van der Waals surface area contributed by atoms with Crippen molar-refractivity contribution in [2.24, 2.45) is 0 Å². The predicted octanol–water partition coefficient (Wildman–Crippen LogP) is 5.11. The molecule has 5 nitrogen and oxygen atoms in total. The first-order valence-electron chi connectivity index (χ1n) is 10.5. The Kier molecular flexibility index (Phi) is 8.54. The maximum absolute atomic E-state index is 12.8. The number of methoxy groups -OCH3 is 2. The van der Waals surface area contributed by atoms with Crippen LogP contribution in [0.4, 0.5) is 0 Å². The standard InChI is InChI=1S/C26H29ClN2O3/c1-28-26(30)25(19-7-5-4-6-8-19)29-22(15-11-18-9-13-21(27)14-10-18)20-12-16-23(31-2)24(17-20)32-3/h4-10,12-14,16-17,22,25,29H,11,15H2,1-3H3,(H,28,30)/t22-,25-/m1/s1. The highest BCUT2D eigenvalue weighted by atomic mass is 35.5. The number of aryl methyl sites for hydroxylation is 1. The molecule has 0 saturated heterocycles. The van der Waals surface area contributed by atoms with Crippen molar-refractivity contribution in [3.8, 4) is 11.5 Å². The van der Waals surface area contributed by atoms with Gasteiger partial charge in [-0.2, -0.15) is 0 Å². The van der Waals surface area contributed by atoms with Crippen molar-refractivity contribution in [1.82, 2.24) is 10.6 Å². The fourth-order valence-electron chi connectivity index (χ4n) is 3.69. The molecule has 0 unspecified atom stereocenters. The minimum Gasteiger partial charge on any atom is -0.493 e. The van der Waals surface area contributed by atoms with Crippen LogP contribution in [-0.4, -0.2) is 27.2 Å². The van der Waals surface area contributed by atoms with Crippen molar-refractivity contribution in [3.05, 3.63) is 94.5 Å². The number of likely N-dealkylation sites (N-methyl/N-ethyl adjacent to an activating group) is 1. The molecule has 0 aliphatic rings. The molecule has 3 aromatic carbocycles. The van der Waals surface area contributed by atoms with Gasteiger partial charge in [0.05, 0.1) is 14.2 Å². The first-order valence-corrected chi connectivity index (χ1v) is 10.9. The highest BCUT2D eigenvalue weighted by Crippen LogP contribution is 2.33. The van der Waals surface area contributed by atoms with Crippen LogP contribution in [-0.2, 0) is 11.2 Å². The van der Waals surface area contributed by atoms with E-state index in [1.165, 1.54) is 5.56 Å². The highest BCUT2D eigenvalue weighted by molar-refractivity contribution is 6.30. The fourth-order valence-corrected chi connectivity index (χ4v) is 3.82. The molecule has 2 N–H and O–H groups in total. The lowest BCUT2D eigenvalue weighted by atomic mass is 9.96. The summed E-state index contributed by atoms with van der Waals surface area (Å²) in [6.45, 7) is 0. The minimum absolute atomic E-state index is 0.0897. The Morgan fingerprint density at radius 1 is 0.906 bits per heavy atom. The number of carbonyl (C=O) groups is 1. The van der Waals surface area contributed by atoms with Crippen LogP contribution < -0.4 is 20.1 Å². The maximum atomic E-state index is 12.8. The molecule has 0 spiro atoms. The molecule has 6 heteroatoms. The summed E-state index contributed by atoms with van der Waals surface area (Å²) in [6, 6.07) is 22.8. The van der Waals surface area contributed by atoms with Crippen LogP contribution in [0.15, 0.2) is 72.8 Å². The van der Waals surface area contributed by atoms with Crippen LogP contribution in [0.5, 0.6) is 11.5 Å². The molecule has 1 amide bonds. The van der Waals surface area contributed by atoms with Crippen LogP contribution in [0.3, 0.4) is 0 Å². The largest absolute Gasteiger partial charge is 0.493 e. The minimum atomic E-state index is -0.496. The van der Waals surface area contributed by atoms with Gasteiger partial charge in [-0.05, 0) is 53.8 Å². The zero-order chi connectivity index (χ0) is 22.9. The third-order valence-corrected chi connectivity index (χ3v) is 5.71. The second-order valence-electron chi connectivity index (χ2n) is 7.46. The SMILES string of the molecule is CNC(=O)[C@H](N[C@H](CCc1ccc(Cl)cc1)c1ccc(OC)c(OC)c1)c1ccccc1. The molecule has 32 heavy (non-hydrogen) atoms. The van der Waals surface area contributed by atoms with Gasteiger partial charge in [0.2, 0.25) is 5.91 Å². The van der Waals surface area contributed by atoms with Crippen LogP contribution in [0.25, 0.3) is 0 Å². The lowest BCUT2D eigenvalue weighted by molar-refractivity contribution is -0.123. The number of amides is 1. The molecule has 0 radical (unpaired) electrons. The van der Waals surface area contributed by atoms with Gasteiger partial charge >= 0.3 is 0 Å². The summed E-state index contributed by atoms with van der Waals surface area (Å²) >= 11 is 6.04. The summed E-state index contributed by atoms with van der Waals surface area (Å²) in [5, 5.41) is 7.07. The molecular formula is C26H29ClN2O3. The van der Waals surface area contributed by atoms with E-state index < -0.39 is 6.04 Å². The van der Waals surface area contributed by atoms with Gasteiger partial charge in [0.25, 0.3) is 0 Å². The summed E-state index contributed by atoms with van der Waals surface area (Å²) in [6.07, 6.45) is 1.59. The van der Waals surface area contributed by atoms with Crippen LogP contribution in [0, 0.1) is 0 Å². The van der Waals surface area contributed by atoms with Gasteiger partial charge in [0, 0.05) is 18.1 Å². The molecule has 0 aliphatic heterocycles. The van der Waals surface area contributed by atoms with E-state index in [0.717, 1.165) is 24.0 Å². The van der Waals surface area contributed by atoms with E-state index in [0.29, 0.717) is 16.5 Å². The average Bonchev–Trinajstić information content (AvgIpc) is 2.85. The molecule has 0 fully saturated rings. The third-order valence-electron chi connectivity index (χ3n) is 5.45. The van der Waals surface area contributed by atoms with Gasteiger partial charge < -0.3 is 14.8 Å². The highest BCUT2D eigenvalue weighted by Gasteiger charge is 2.24. The first kappa shape index (κ1) is 23.6. The van der Waals surface area contributed by atoms with Gasteiger partial charge in [0.1, 0.15) is 6.04 Å². The summed E-state index contributed by atoms with van der Waals surface area (Å²) in [7, 11) is 4.89. The van der Waals surface area contributed by atoms with Gasteiger partial charge in [0.15, 0.2) is 11.5 Å². The van der Waals surface area contributed by atoms with Gasteiger partial charge in [-0.3, -0.25) is 10.1 Å². The average molecular weight is 453 g/mol. The second-order valence-corrected chi connectivity index (χ2v) is 7.89. The Hall–Kier alpha value is -3.02. The zero-order valence-electron chi connectivity index (χ0n) is 18.6. The number of hydrogen-bond donors (Lipinski definition) is 2. The topological polar surface area (TPSA) is 59.6 Å². The van der Waals surface area contributed by atoms with Crippen molar-refractivity contribution >= 4 is 17.5 Å². The van der Waals surface area contributed by atoms with Crippen LogP contribution >= 0.6 is 11.6 Å².